The average Bonchev–Trinajstić information content (AvgIpc) is 3.04. The molecule has 0 aliphatic heterocycles. The van der Waals surface area contributed by atoms with E-state index in [4.69, 9.17) is 4.42 Å². The largest absolute Gasteiger partial charge is 0.469 e. The van der Waals surface area contributed by atoms with Gasteiger partial charge in [0.15, 0.2) is 0 Å². The Hall–Kier alpha value is -2.63. The van der Waals surface area contributed by atoms with Crippen molar-refractivity contribution in [3.63, 3.8) is 0 Å². The Balaban J connectivity index is 1.76. The van der Waals surface area contributed by atoms with Gasteiger partial charge in [0.25, 0.3) is 5.91 Å². The molecule has 0 aliphatic carbocycles. The van der Waals surface area contributed by atoms with Crippen molar-refractivity contribution in [3.05, 3.63) is 58.7 Å². The van der Waals surface area contributed by atoms with Crippen LogP contribution in [0.3, 0.4) is 0 Å². The Morgan fingerprint density at radius 3 is 2.78 bits per heavy atom. The van der Waals surface area contributed by atoms with E-state index in [1.54, 1.807) is 19.9 Å². The lowest BCUT2D eigenvalue weighted by molar-refractivity contribution is 0.0952. The van der Waals surface area contributed by atoms with Crippen molar-refractivity contribution in [2.24, 2.45) is 0 Å². The molecule has 0 saturated heterocycles. The number of rotatable bonds is 4. The van der Waals surface area contributed by atoms with Crippen molar-refractivity contribution in [1.29, 1.82) is 0 Å². The van der Waals surface area contributed by atoms with Gasteiger partial charge < -0.3 is 14.7 Å². The van der Waals surface area contributed by atoms with Crippen LogP contribution in [0.1, 0.15) is 27.4 Å². The van der Waals surface area contributed by atoms with Crippen LogP contribution in [0.4, 0.5) is 8.78 Å². The van der Waals surface area contributed by atoms with Crippen molar-refractivity contribution in [2.75, 3.05) is 6.54 Å². The van der Waals surface area contributed by atoms with E-state index in [9.17, 15) is 13.6 Å². The van der Waals surface area contributed by atoms with Crippen LogP contribution in [0.15, 0.2) is 28.9 Å². The molecule has 2 aromatic heterocycles. The van der Waals surface area contributed by atoms with E-state index in [2.05, 4.69) is 10.3 Å². The first-order chi connectivity index (χ1) is 11.0. The maximum Gasteiger partial charge on any atom is 0.254 e. The Morgan fingerprint density at radius 2 is 2.09 bits per heavy atom. The lowest BCUT2D eigenvalue weighted by Crippen LogP contribution is -2.25. The minimum absolute atomic E-state index is 0.230. The third-order valence-corrected chi connectivity index (χ3v) is 3.91. The number of aromatic amines is 1. The van der Waals surface area contributed by atoms with E-state index in [0.29, 0.717) is 29.7 Å². The number of fused-ring (bicyclic) bond motifs is 1. The summed E-state index contributed by atoms with van der Waals surface area (Å²) in [5.41, 5.74) is 2.33. The zero-order valence-corrected chi connectivity index (χ0v) is 12.8. The van der Waals surface area contributed by atoms with Crippen LogP contribution in [0.5, 0.6) is 0 Å². The molecule has 1 aromatic carbocycles. The quantitative estimate of drug-likeness (QED) is 0.772. The molecule has 0 radical (unpaired) electrons. The number of H-pyrrole nitrogens is 1. The van der Waals surface area contributed by atoms with Crippen LogP contribution < -0.4 is 5.32 Å². The lowest BCUT2D eigenvalue weighted by atomic mass is 10.1. The highest BCUT2D eigenvalue weighted by atomic mass is 19.1. The van der Waals surface area contributed by atoms with Gasteiger partial charge in [0, 0.05) is 23.7 Å². The van der Waals surface area contributed by atoms with E-state index in [1.165, 1.54) is 12.3 Å². The Bertz CT molecular complexity index is 880. The molecule has 6 heteroatoms. The summed E-state index contributed by atoms with van der Waals surface area (Å²) in [5.74, 6) is -0.915. The van der Waals surface area contributed by atoms with Gasteiger partial charge in [-0.3, -0.25) is 4.79 Å². The molecule has 0 bridgehead atoms. The second-order valence-corrected chi connectivity index (χ2v) is 5.44. The molecule has 0 saturated carbocycles. The van der Waals surface area contributed by atoms with Crippen molar-refractivity contribution in [3.8, 4) is 0 Å². The first kappa shape index (κ1) is 15.3. The molecule has 2 N–H and O–H groups in total. The van der Waals surface area contributed by atoms with Crippen LogP contribution in [-0.2, 0) is 6.42 Å². The molecule has 0 unspecified atom stereocenters. The third kappa shape index (κ3) is 2.84. The normalized spacial score (nSPS) is 11.1. The van der Waals surface area contributed by atoms with Crippen LogP contribution in [-0.4, -0.2) is 17.4 Å². The smallest absolute Gasteiger partial charge is 0.254 e. The van der Waals surface area contributed by atoms with Crippen molar-refractivity contribution >= 4 is 16.8 Å². The fraction of sp³-hybridized carbons (Fsp3) is 0.235. The number of amides is 1. The number of hydrogen-bond donors (Lipinski definition) is 2. The fourth-order valence-corrected chi connectivity index (χ4v) is 2.74. The summed E-state index contributed by atoms with van der Waals surface area (Å²) >= 11 is 0. The van der Waals surface area contributed by atoms with Crippen LogP contribution >= 0.6 is 0 Å². The van der Waals surface area contributed by atoms with Crippen molar-refractivity contribution < 1.29 is 18.0 Å². The van der Waals surface area contributed by atoms with Gasteiger partial charge in [-0.05, 0) is 38.0 Å². The molecule has 0 aliphatic rings. The Labute approximate surface area is 131 Å². The maximum atomic E-state index is 13.8. The van der Waals surface area contributed by atoms with E-state index >= 15 is 0 Å². The van der Waals surface area contributed by atoms with Crippen LogP contribution in [0.25, 0.3) is 10.9 Å². The van der Waals surface area contributed by atoms with E-state index in [1.807, 2.05) is 0 Å². The van der Waals surface area contributed by atoms with Gasteiger partial charge in [0.1, 0.15) is 17.4 Å². The Morgan fingerprint density at radius 1 is 1.30 bits per heavy atom. The van der Waals surface area contributed by atoms with Gasteiger partial charge in [0.05, 0.1) is 17.3 Å². The average molecular weight is 318 g/mol. The molecule has 1 amide bonds. The minimum Gasteiger partial charge on any atom is -0.469 e. The van der Waals surface area contributed by atoms with Gasteiger partial charge in [-0.1, -0.05) is 0 Å². The van der Waals surface area contributed by atoms with E-state index in [0.717, 1.165) is 17.3 Å². The second-order valence-electron chi connectivity index (χ2n) is 5.44. The van der Waals surface area contributed by atoms with Crippen LogP contribution in [0.2, 0.25) is 0 Å². The van der Waals surface area contributed by atoms with Gasteiger partial charge in [-0.25, -0.2) is 8.78 Å². The number of aromatic nitrogens is 1. The molecular weight excluding hydrogens is 302 g/mol. The summed E-state index contributed by atoms with van der Waals surface area (Å²) in [4.78, 5) is 14.9. The summed E-state index contributed by atoms with van der Waals surface area (Å²) in [7, 11) is 0. The first-order valence-corrected chi connectivity index (χ1v) is 7.26. The predicted molar refractivity (Wildman–Crippen MR) is 82.4 cm³/mol. The number of carbonyl (C=O) groups excluding carboxylic acids is 1. The molecular formula is C17H16F2N2O2. The highest BCUT2D eigenvalue weighted by molar-refractivity contribution is 5.95. The topological polar surface area (TPSA) is 58.0 Å². The van der Waals surface area contributed by atoms with E-state index in [-0.39, 0.29) is 11.4 Å². The molecule has 120 valence electrons. The van der Waals surface area contributed by atoms with Gasteiger partial charge >= 0.3 is 0 Å². The van der Waals surface area contributed by atoms with Crippen molar-refractivity contribution in [2.45, 2.75) is 20.3 Å². The zero-order valence-electron chi connectivity index (χ0n) is 12.8. The summed E-state index contributed by atoms with van der Waals surface area (Å²) < 4.78 is 32.3. The molecule has 23 heavy (non-hydrogen) atoms. The summed E-state index contributed by atoms with van der Waals surface area (Å²) in [6, 6.07) is 3.76. The molecule has 2 heterocycles. The fourth-order valence-electron chi connectivity index (χ4n) is 2.74. The minimum atomic E-state index is -0.618. The predicted octanol–water partition coefficient (Wildman–Crippen LogP) is 3.63. The number of aryl methyl sites for hydroxylation is 2. The molecule has 3 aromatic rings. The SMILES string of the molecule is Cc1[nH]c2c(F)cc(F)cc2c1CCNC(=O)c1ccoc1C. The molecule has 0 fully saturated rings. The number of furan rings is 1. The van der Waals surface area contributed by atoms with Gasteiger partial charge in [-0.15, -0.1) is 0 Å². The molecule has 0 spiro atoms. The molecule has 0 atom stereocenters. The number of benzene rings is 1. The van der Waals surface area contributed by atoms with Gasteiger partial charge in [0.2, 0.25) is 0 Å². The molecule has 4 nitrogen and oxygen atoms in total. The van der Waals surface area contributed by atoms with E-state index < -0.39 is 11.6 Å². The number of nitrogens with one attached hydrogen (secondary N) is 2. The summed E-state index contributed by atoms with van der Waals surface area (Å²) in [6.07, 6.45) is 1.93. The highest BCUT2D eigenvalue weighted by Crippen LogP contribution is 2.25. The lowest BCUT2D eigenvalue weighted by Gasteiger charge is -2.05. The summed E-state index contributed by atoms with van der Waals surface area (Å²) in [6.45, 7) is 3.87. The summed E-state index contributed by atoms with van der Waals surface area (Å²) in [5, 5.41) is 3.29. The Kier molecular flexibility index (Phi) is 3.90. The zero-order chi connectivity index (χ0) is 16.6. The third-order valence-electron chi connectivity index (χ3n) is 3.91. The highest BCUT2D eigenvalue weighted by Gasteiger charge is 2.15. The second kappa shape index (κ2) is 5.87. The van der Waals surface area contributed by atoms with Crippen LogP contribution in [0, 0.1) is 25.5 Å². The van der Waals surface area contributed by atoms with Gasteiger partial charge in [-0.2, -0.15) is 0 Å². The number of hydrogen-bond acceptors (Lipinski definition) is 2. The number of halogens is 2. The first-order valence-electron chi connectivity index (χ1n) is 7.26. The number of carbonyl (C=O) groups is 1. The monoisotopic (exact) mass is 318 g/mol. The maximum absolute atomic E-state index is 13.8. The van der Waals surface area contributed by atoms with Crippen molar-refractivity contribution in [1.82, 2.24) is 10.3 Å². The molecule has 3 rings (SSSR count). The standard InChI is InChI=1S/C17H16F2N2O2/c1-9-12(14-7-11(18)8-15(19)16(14)21-9)3-5-20-17(22)13-4-6-23-10(13)2/h4,6-8,21H,3,5H2,1-2H3,(H,20,22).